The van der Waals surface area contributed by atoms with Gasteiger partial charge in [-0.2, -0.15) is 0 Å². The lowest BCUT2D eigenvalue weighted by Gasteiger charge is -2.28. The van der Waals surface area contributed by atoms with Crippen molar-refractivity contribution in [1.82, 2.24) is 4.90 Å². The number of rotatable bonds is 5. The third-order valence-electron chi connectivity index (χ3n) is 4.12. The first-order valence-electron chi connectivity index (χ1n) is 7.95. The van der Waals surface area contributed by atoms with Crippen molar-refractivity contribution in [1.29, 1.82) is 0 Å². The molecule has 7 heteroatoms. The van der Waals surface area contributed by atoms with Crippen molar-refractivity contribution in [3.8, 4) is 0 Å². The molecule has 1 saturated heterocycles. The fraction of sp³-hybridized carbons (Fsp3) is 0.412. The van der Waals surface area contributed by atoms with Crippen LogP contribution in [0.4, 0.5) is 5.69 Å². The monoisotopic (exact) mass is 332 g/mol. The van der Waals surface area contributed by atoms with Gasteiger partial charge in [0, 0.05) is 24.3 Å². The summed E-state index contributed by atoms with van der Waals surface area (Å²) >= 11 is 0. The predicted molar refractivity (Wildman–Crippen MR) is 86.3 cm³/mol. The smallest absolute Gasteiger partial charge is 0.254 e. The molecule has 1 heterocycles. The van der Waals surface area contributed by atoms with Gasteiger partial charge in [-0.25, -0.2) is 0 Å². The number of hydrogen-bond donors (Lipinski definition) is 3. The molecule has 24 heavy (non-hydrogen) atoms. The van der Waals surface area contributed by atoms with Crippen LogP contribution in [0.25, 0.3) is 0 Å². The number of ether oxygens (including phenoxy) is 1. The van der Waals surface area contributed by atoms with E-state index in [-0.39, 0.29) is 11.7 Å². The molecule has 1 aromatic carbocycles. The van der Waals surface area contributed by atoms with Crippen LogP contribution in [-0.4, -0.2) is 58.7 Å². The highest BCUT2D eigenvalue weighted by atomic mass is 16.5. The van der Waals surface area contributed by atoms with E-state index in [4.69, 9.17) is 4.74 Å². The van der Waals surface area contributed by atoms with Crippen molar-refractivity contribution in [2.45, 2.75) is 25.6 Å². The van der Waals surface area contributed by atoms with E-state index in [0.29, 0.717) is 43.1 Å². The number of carbonyl (C=O) groups excluding carboxylic acids is 2. The second kappa shape index (κ2) is 6.62. The van der Waals surface area contributed by atoms with Crippen LogP contribution in [0.3, 0.4) is 0 Å². The van der Waals surface area contributed by atoms with E-state index in [0.717, 1.165) is 0 Å². The first kappa shape index (κ1) is 16.5. The summed E-state index contributed by atoms with van der Waals surface area (Å²) in [4.78, 5) is 25.6. The molecule has 0 radical (unpaired) electrons. The third-order valence-corrected chi connectivity index (χ3v) is 4.12. The molecule has 2 aliphatic rings. The van der Waals surface area contributed by atoms with Crippen molar-refractivity contribution in [2.24, 2.45) is 0 Å². The zero-order chi connectivity index (χ0) is 17.3. The van der Waals surface area contributed by atoms with E-state index in [1.165, 1.54) is 0 Å². The molecule has 3 N–H and O–H groups in total. The number of ketones is 1. The van der Waals surface area contributed by atoms with E-state index < -0.39 is 18.0 Å². The molecule has 0 bridgehead atoms. The number of hydrogen-bond acceptors (Lipinski definition) is 6. The van der Waals surface area contributed by atoms with Gasteiger partial charge in [0.2, 0.25) is 5.78 Å². The van der Waals surface area contributed by atoms with Crippen LogP contribution >= 0.6 is 0 Å². The van der Waals surface area contributed by atoms with Crippen molar-refractivity contribution in [3.05, 3.63) is 41.3 Å². The van der Waals surface area contributed by atoms with Gasteiger partial charge in [0.25, 0.3) is 5.91 Å². The molecule has 1 aromatic rings. The summed E-state index contributed by atoms with van der Waals surface area (Å²) in [5.74, 6) is -0.471. The quantitative estimate of drug-likeness (QED) is 0.726. The van der Waals surface area contributed by atoms with Crippen LogP contribution in [-0.2, 0) is 9.53 Å². The van der Waals surface area contributed by atoms with Gasteiger partial charge >= 0.3 is 0 Å². The standard InChI is InChI=1S/C17H20N2O5/c1-2-24-16-13(14(21)15(16)22)18-11-5-3-4-10(8-11)17(23)19-7-6-12(20)9-19/h3-5,8,12,14,18,20-21H,2,6-7,9H2,1H3. The van der Waals surface area contributed by atoms with Crippen LogP contribution in [0.2, 0.25) is 0 Å². The summed E-state index contributed by atoms with van der Waals surface area (Å²) in [5.41, 5.74) is 1.37. The molecule has 1 amide bonds. The topological polar surface area (TPSA) is 99.1 Å². The van der Waals surface area contributed by atoms with Gasteiger partial charge in [0.15, 0.2) is 11.9 Å². The second-order valence-electron chi connectivity index (χ2n) is 5.84. The second-order valence-corrected chi connectivity index (χ2v) is 5.84. The lowest BCUT2D eigenvalue weighted by molar-refractivity contribution is -0.129. The maximum atomic E-state index is 12.4. The van der Waals surface area contributed by atoms with Gasteiger partial charge < -0.3 is 25.2 Å². The van der Waals surface area contributed by atoms with E-state index in [9.17, 15) is 19.8 Å². The van der Waals surface area contributed by atoms with Gasteiger partial charge in [-0.3, -0.25) is 9.59 Å². The molecule has 7 nitrogen and oxygen atoms in total. The Morgan fingerprint density at radius 2 is 2.21 bits per heavy atom. The van der Waals surface area contributed by atoms with Crippen LogP contribution in [0.5, 0.6) is 0 Å². The summed E-state index contributed by atoms with van der Waals surface area (Å²) in [6, 6.07) is 6.80. The molecule has 1 fully saturated rings. The molecule has 128 valence electrons. The van der Waals surface area contributed by atoms with Crippen molar-refractivity contribution >= 4 is 17.4 Å². The molecular formula is C17H20N2O5. The average Bonchev–Trinajstić information content (AvgIpc) is 3.03. The lowest BCUT2D eigenvalue weighted by Crippen LogP contribution is -2.41. The Bertz CT molecular complexity index is 700. The Balaban J connectivity index is 1.76. The van der Waals surface area contributed by atoms with Crippen LogP contribution in [0.1, 0.15) is 23.7 Å². The number of aliphatic hydroxyl groups is 2. The van der Waals surface area contributed by atoms with Crippen LogP contribution in [0, 0.1) is 0 Å². The Hall–Kier alpha value is -2.38. The number of aliphatic hydroxyl groups excluding tert-OH is 2. The molecule has 0 aromatic heterocycles. The highest BCUT2D eigenvalue weighted by molar-refractivity contribution is 6.08. The van der Waals surface area contributed by atoms with Crippen molar-refractivity contribution in [3.63, 3.8) is 0 Å². The number of carbonyl (C=O) groups is 2. The zero-order valence-corrected chi connectivity index (χ0v) is 13.4. The van der Waals surface area contributed by atoms with Crippen LogP contribution in [0.15, 0.2) is 35.7 Å². The minimum atomic E-state index is -1.22. The fourth-order valence-electron chi connectivity index (χ4n) is 2.85. The van der Waals surface area contributed by atoms with Gasteiger partial charge in [-0.15, -0.1) is 0 Å². The number of benzene rings is 1. The summed E-state index contributed by atoms with van der Waals surface area (Å²) in [6.07, 6.45) is -1.10. The number of amides is 1. The van der Waals surface area contributed by atoms with Gasteiger partial charge in [-0.1, -0.05) is 6.07 Å². The molecule has 0 spiro atoms. The first-order chi connectivity index (χ1) is 11.5. The maximum Gasteiger partial charge on any atom is 0.254 e. The Morgan fingerprint density at radius 1 is 1.42 bits per heavy atom. The zero-order valence-electron chi connectivity index (χ0n) is 13.4. The summed E-state index contributed by atoms with van der Waals surface area (Å²) in [6.45, 7) is 2.95. The number of anilines is 1. The number of Topliss-reactive ketones (excluding diaryl/α,β-unsaturated/α-hetero) is 1. The van der Waals surface area contributed by atoms with Crippen molar-refractivity contribution in [2.75, 3.05) is 25.0 Å². The van der Waals surface area contributed by atoms with E-state index in [1.807, 2.05) is 0 Å². The van der Waals surface area contributed by atoms with Gasteiger partial charge in [0.05, 0.1) is 18.4 Å². The largest absolute Gasteiger partial charge is 0.488 e. The average molecular weight is 332 g/mol. The first-order valence-corrected chi connectivity index (χ1v) is 7.95. The third kappa shape index (κ3) is 3.00. The minimum absolute atomic E-state index is 0.129. The maximum absolute atomic E-state index is 12.4. The van der Waals surface area contributed by atoms with Gasteiger partial charge in [-0.05, 0) is 31.5 Å². The SMILES string of the molecule is CCOC1=C(Nc2cccc(C(=O)N3CCC(O)C3)c2)C(O)C1=O. The molecular weight excluding hydrogens is 312 g/mol. The van der Waals surface area contributed by atoms with E-state index in [1.54, 1.807) is 36.1 Å². The van der Waals surface area contributed by atoms with Gasteiger partial charge in [0.1, 0.15) is 0 Å². The Labute approximate surface area is 139 Å². The number of likely N-dealkylation sites (tertiary alicyclic amines) is 1. The lowest BCUT2D eigenvalue weighted by atomic mass is 9.97. The molecule has 3 rings (SSSR count). The van der Waals surface area contributed by atoms with Crippen LogP contribution < -0.4 is 5.32 Å². The highest BCUT2D eigenvalue weighted by Crippen LogP contribution is 2.28. The summed E-state index contributed by atoms with van der Waals surface area (Å²) < 4.78 is 5.22. The summed E-state index contributed by atoms with van der Waals surface area (Å²) in [7, 11) is 0. The molecule has 1 aliphatic heterocycles. The highest BCUT2D eigenvalue weighted by Gasteiger charge is 2.40. The Kier molecular flexibility index (Phi) is 4.55. The van der Waals surface area contributed by atoms with E-state index in [2.05, 4.69) is 5.32 Å². The molecule has 2 atom stereocenters. The number of nitrogens with one attached hydrogen (secondary N) is 1. The van der Waals surface area contributed by atoms with E-state index >= 15 is 0 Å². The Morgan fingerprint density at radius 3 is 2.88 bits per heavy atom. The predicted octanol–water partition coefficient (Wildman–Crippen LogP) is 0.497. The number of nitrogens with zero attached hydrogens (tertiary/aromatic N) is 1. The number of β-amino-alcohol motifs (C(OH)–C–C–N with tert-alkyl or cyclic N) is 1. The fourth-order valence-corrected chi connectivity index (χ4v) is 2.85. The minimum Gasteiger partial charge on any atom is -0.488 e. The molecule has 1 aliphatic carbocycles. The molecule has 0 saturated carbocycles. The molecule has 2 unspecified atom stereocenters. The normalized spacial score (nSPS) is 23.3. The van der Waals surface area contributed by atoms with Crippen molar-refractivity contribution < 1.29 is 24.5 Å². The summed E-state index contributed by atoms with van der Waals surface area (Å²) in [5, 5.41) is 22.3.